The summed E-state index contributed by atoms with van der Waals surface area (Å²) in [7, 11) is 0. The SMILES string of the molecule is CC(=O)OC[C@H]1O[C@@H](O[C@@H]2C=CC[C@@H]3[C@@]2(C)CC[C@]2(O)C(=O)O[C@H](c4ccoc4)C[C@@]32C)[C@H](OC(C)=O)[C@@H](OC(C)=O)[C@@H]1OC(C)=O. The number of carbonyl (C=O) groups is 5. The van der Waals surface area contributed by atoms with E-state index in [1.54, 1.807) is 6.07 Å². The largest absolute Gasteiger partial charge is 0.472 e. The van der Waals surface area contributed by atoms with Crippen LogP contribution in [0.25, 0.3) is 0 Å². The summed E-state index contributed by atoms with van der Waals surface area (Å²) in [4.78, 5) is 61.9. The number of cyclic esters (lactones) is 1. The predicted molar refractivity (Wildman–Crippen MR) is 157 cm³/mol. The molecule has 14 nitrogen and oxygen atoms in total. The number of furan rings is 1. The maximum absolute atomic E-state index is 13.4. The van der Waals surface area contributed by atoms with Gasteiger partial charge in [0.25, 0.3) is 0 Å². The predicted octanol–water partition coefficient (Wildman–Crippen LogP) is 2.85. The molecule has 4 aliphatic rings. The van der Waals surface area contributed by atoms with Crippen LogP contribution in [0.1, 0.15) is 78.9 Å². The quantitative estimate of drug-likeness (QED) is 0.244. The van der Waals surface area contributed by atoms with Crippen molar-refractivity contribution in [2.45, 2.75) is 116 Å². The molecule has 1 saturated carbocycles. The van der Waals surface area contributed by atoms with Gasteiger partial charge in [-0.15, -0.1) is 0 Å². The Balaban J connectivity index is 1.49. The van der Waals surface area contributed by atoms with Gasteiger partial charge in [0.1, 0.15) is 18.8 Å². The average molecular weight is 663 g/mol. The first-order valence-corrected chi connectivity index (χ1v) is 15.7. The van der Waals surface area contributed by atoms with Crippen LogP contribution < -0.4 is 0 Å². The molecule has 0 bridgehead atoms. The van der Waals surface area contributed by atoms with E-state index in [1.807, 2.05) is 26.0 Å². The molecule has 14 heteroatoms. The summed E-state index contributed by atoms with van der Waals surface area (Å²) in [6.07, 6.45) is 0.105. The summed E-state index contributed by atoms with van der Waals surface area (Å²) in [5.41, 5.74) is -2.70. The molecule has 0 amide bonds. The van der Waals surface area contributed by atoms with Crippen LogP contribution in [0, 0.1) is 16.7 Å². The Bertz CT molecular complexity index is 1400. The van der Waals surface area contributed by atoms with Crippen LogP contribution in [-0.2, 0) is 57.1 Å². The highest BCUT2D eigenvalue weighted by Crippen LogP contribution is 2.65. The Kier molecular flexibility index (Phi) is 9.59. The van der Waals surface area contributed by atoms with Crippen LogP contribution in [0.2, 0.25) is 0 Å². The standard InChI is InChI=1S/C33H42O14/c1-17(34)41-16-23-26(42-18(2)35)27(43-19(3)36)28(44-20(4)37)29(45-23)47-25-9-7-8-24-31(25,5)11-12-33(39)30(38)46-22(14-32(24,33)6)21-10-13-40-15-21/h7,9-10,13,15,22-29,39H,8,11-12,14,16H2,1-6H3/t22-,23+,24+,25+,26+,27-,28+,29-,31+,32-,33-/m0/s1. The van der Waals surface area contributed by atoms with E-state index in [4.69, 9.17) is 37.6 Å². The van der Waals surface area contributed by atoms with E-state index in [9.17, 15) is 29.1 Å². The first kappa shape index (κ1) is 34.6. The van der Waals surface area contributed by atoms with Crippen molar-refractivity contribution in [2.24, 2.45) is 16.7 Å². The Hall–Kier alpha value is -3.75. The smallest absolute Gasteiger partial charge is 0.339 e. The van der Waals surface area contributed by atoms with E-state index in [1.165, 1.54) is 19.5 Å². The zero-order chi connectivity index (χ0) is 34.3. The Morgan fingerprint density at radius 1 is 0.936 bits per heavy atom. The van der Waals surface area contributed by atoms with E-state index in [0.717, 1.165) is 20.8 Å². The lowest BCUT2D eigenvalue weighted by Gasteiger charge is -2.63. The molecule has 2 saturated heterocycles. The van der Waals surface area contributed by atoms with Crippen molar-refractivity contribution >= 4 is 29.8 Å². The lowest BCUT2D eigenvalue weighted by atomic mass is 9.44. The van der Waals surface area contributed by atoms with Gasteiger partial charge in [0.2, 0.25) is 0 Å². The van der Waals surface area contributed by atoms with Gasteiger partial charge in [-0.2, -0.15) is 0 Å². The van der Waals surface area contributed by atoms with Gasteiger partial charge in [0.15, 0.2) is 30.2 Å². The number of allylic oxidation sites excluding steroid dienone is 1. The molecule has 5 rings (SSSR count). The third-order valence-corrected chi connectivity index (χ3v) is 10.2. The molecule has 258 valence electrons. The molecule has 47 heavy (non-hydrogen) atoms. The van der Waals surface area contributed by atoms with Crippen molar-refractivity contribution in [1.29, 1.82) is 0 Å². The van der Waals surface area contributed by atoms with Crippen LogP contribution in [0.3, 0.4) is 0 Å². The first-order chi connectivity index (χ1) is 22.1. The number of ether oxygens (including phenoxy) is 7. The summed E-state index contributed by atoms with van der Waals surface area (Å²) in [6, 6.07) is 1.73. The molecule has 1 N–H and O–H groups in total. The van der Waals surface area contributed by atoms with Gasteiger partial charge in [-0.05, 0) is 37.7 Å². The van der Waals surface area contributed by atoms with E-state index in [2.05, 4.69) is 0 Å². The molecule has 0 aromatic carbocycles. The molecule has 1 aromatic heterocycles. The lowest BCUT2D eigenvalue weighted by Crippen LogP contribution is -2.69. The average Bonchev–Trinajstić information content (AvgIpc) is 3.52. The molecule has 3 heterocycles. The summed E-state index contributed by atoms with van der Waals surface area (Å²) >= 11 is 0. The van der Waals surface area contributed by atoms with Crippen LogP contribution in [-0.4, -0.2) is 84.0 Å². The second-order valence-electron chi connectivity index (χ2n) is 13.3. The first-order valence-electron chi connectivity index (χ1n) is 15.7. The number of esters is 5. The summed E-state index contributed by atoms with van der Waals surface area (Å²) in [5.74, 6) is -3.85. The minimum atomic E-state index is -1.75. The molecule has 11 atom stereocenters. The minimum Gasteiger partial charge on any atom is -0.472 e. The van der Waals surface area contributed by atoms with Crippen molar-refractivity contribution in [3.8, 4) is 0 Å². The molecule has 0 spiro atoms. The molecule has 1 aromatic rings. The molecule has 2 aliphatic carbocycles. The highest BCUT2D eigenvalue weighted by atomic mass is 16.7. The van der Waals surface area contributed by atoms with Gasteiger partial charge in [0.05, 0.1) is 18.6 Å². The molecule has 3 fully saturated rings. The van der Waals surface area contributed by atoms with Crippen molar-refractivity contribution < 1.29 is 66.7 Å². The minimum absolute atomic E-state index is 0.0969. The van der Waals surface area contributed by atoms with Gasteiger partial charge in [0, 0.05) is 44.1 Å². The number of hydrogen-bond acceptors (Lipinski definition) is 14. The molecular formula is C33H42O14. The van der Waals surface area contributed by atoms with E-state index in [-0.39, 0.29) is 18.9 Å². The van der Waals surface area contributed by atoms with Crippen molar-refractivity contribution in [3.05, 3.63) is 36.3 Å². The van der Waals surface area contributed by atoms with E-state index >= 15 is 0 Å². The van der Waals surface area contributed by atoms with E-state index in [0.29, 0.717) is 24.8 Å². The van der Waals surface area contributed by atoms with Crippen molar-refractivity contribution in [2.75, 3.05) is 6.61 Å². The summed E-state index contributed by atoms with van der Waals surface area (Å²) in [5, 5.41) is 11.9. The number of aliphatic hydroxyl groups is 1. The Labute approximate surface area is 271 Å². The topological polar surface area (TPSA) is 183 Å². The van der Waals surface area contributed by atoms with E-state index < -0.39 is 89.2 Å². The van der Waals surface area contributed by atoms with Gasteiger partial charge < -0.3 is 42.7 Å². The zero-order valence-electron chi connectivity index (χ0n) is 27.3. The van der Waals surface area contributed by atoms with Crippen LogP contribution in [0.5, 0.6) is 0 Å². The Morgan fingerprint density at radius 2 is 1.60 bits per heavy atom. The van der Waals surface area contributed by atoms with Gasteiger partial charge >= 0.3 is 29.8 Å². The molecular weight excluding hydrogens is 620 g/mol. The zero-order valence-corrected chi connectivity index (χ0v) is 27.3. The maximum Gasteiger partial charge on any atom is 0.339 e. The third kappa shape index (κ3) is 6.42. The maximum atomic E-state index is 13.4. The molecule has 2 aliphatic heterocycles. The number of rotatable bonds is 8. The van der Waals surface area contributed by atoms with Crippen molar-refractivity contribution in [1.82, 2.24) is 0 Å². The van der Waals surface area contributed by atoms with Gasteiger partial charge in [-0.1, -0.05) is 26.0 Å². The van der Waals surface area contributed by atoms with Gasteiger partial charge in [-0.3, -0.25) is 19.2 Å². The van der Waals surface area contributed by atoms with Crippen LogP contribution >= 0.6 is 0 Å². The Morgan fingerprint density at radius 3 is 2.21 bits per heavy atom. The fraction of sp³-hybridized carbons (Fsp3) is 0.667. The van der Waals surface area contributed by atoms with Crippen molar-refractivity contribution in [3.63, 3.8) is 0 Å². The lowest BCUT2D eigenvalue weighted by molar-refractivity contribution is -0.328. The highest BCUT2D eigenvalue weighted by molar-refractivity contribution is 5.82. The van der Waals surface area contributed by atoms with Gasteiger partial charge in [-0.25, -0.2) is 4.79 Å². The summed E-state index contributed by atoms with van der Waals surface area (Å²) in [6.45, 7) is 8.16. The summed E-state index contributed by atoms with van der Waals surface area (Å²) < 4.78 is 45.7. The molecule has 0 radical (unpaired) electrons. The fourth-order valence-electron chi connectivity index (χ4n) is 7.94. The third-order valence-electron chi connectivity index (χ3n) is 10.2. The highest BCUT2D eigenvalue weighted by Gasteiger charge is 2.69. The number of fused-ring (bicyclic) bond motifs is 3. The second-order valence-corrected chi connectivity index (χ2v) is 13.3. The normalized spacial score (nSPS) is 39.4. The monoisotopic (exact) mass is 662 g/mol. The van der Waals surface area contributed by atoms with Crippen LogP contribution in [0.15, 0.2) is 35.2 Å². The molecule has 0 unspecified atom stereocenters. The fourth-order valence-corrected chi connectivity index (χ4v) is 7.94. The number of carbonyl (C=O) groups excluding carboxylic acids is 5. The number of hydrogen-bond donors (Lipinski definition) is 1. The van der Waals surface area contributed by atoms with Crippen LogP contribution in [0.4, 0.5) is 0 Å². The second kappa shape index (κ2) is 13.0.